The predicted octanol–water partition coefficient (Wildman–Crippen LogP) is 3.03. The maximum atomic E-state index is 11.6. The van der Waals surface area contributed by atoms with Gasteiger partial charge in [-0.05, 0) is 49.3 Å². The second-order valence-corrected chi connectivity index (χ2v) is 4.54. The monoisotopic (exact) mass is 222 g/mol. The first kappa shape index (κ1) is 10.4. The van der Waals surface area contributed by atoms with E-state index in [0.717, 1.165) is 24.8 Å². The SMILES string of the molecule is CCOC(=O)C1=Cc2ccsc2CCC1. The number of ether oxygens (including phenoxy) is 1. The molecule has 80 valence electrons. The Morgan fingerprint density at radius 2 is 2.40 bits per heavy atom. The highest BCUT2D eigenvalue weighted by Gasteiger charge is 2.15. The summed E-state index contributed by atoms with van der Waals surface area (Å²) < 4.78 is 5.02. The van der Waals surface area contributed by atoms with E-state index < -0.39 is 0 Å². The molecule has 2 nitrogen and oxygen atoms in total. The van der Waals surface area contributed by atoms with E-state index in [1.54, 1.807) is 11.3 Å². The second-order valence-electron chi connectivity index (χ2n) is 3.54. The minimum Gasteiger partial charge on any atom is -0.463 e. The van der Waals surface area contributed by atoms with Gasteiger partial charge in [0.05, 0.1) is 6.61 Å². The van der Waals surface area contributed by atoms with Gasteiger partial charge in [-0.1, -0.05) is 0 Å². The van der Waals surface area contributed by atoms with Gasteiger partial charge in [0.2, 0.25) is 0 Å². The third kappa shape index (κ3) is 2.29. The summed E-state index contributed by atoms with van der Waals surface area (Å²) in [4.78, 5) is 13.0. The molecule has 0 saturated carbocycles. The van der Waals surface area contributed by atoms with Crippen LogP contribution in [0.4, 0.5) is 0 Å². The highest BCUT2D eigenvalue weighted by molar-refractivity contribution is 7.10. The van der Waals surface area contributed by atoms with Gasteiger partial charge in [-0.3, -0.25) is 0 Å². The van der Waals surface area contributed by atoms with Crippen molar-refractivity contribution in [1.29, 1.82) is 0 Å². The van der Waals surface area contributed by atoms with Crippen LogP contribution in [0.25, 0.3) is 6.08 Å². The number of hydrogen-bond acceptors (Lipinski definition) is 3. The normalized spacial score (nSPS) is 15.1. The second kappa shape index (κ2) is 4.62. The van der Waals surface area contributed by atoms with Crippen LogP contribution in [0.5, 0.6) is 0 Å². The van der Waals surface area contributed by atoms with Crippen molar-refractivity contribution in [3.63, 3.8) is 0 Å². The minimum atomic E-state index is -0.156. The molecule has 0 saturated heterocycles. The number of fused-ring (bicyclic) bond motifs is 1. The molecule has 2 rings (SSSR count). The Morgan fingerprint density at radius 3 is 3.20 bits per heavy atom. The lowest BCUT2D eigenvalue weighted by Crippen LogP contribution is -2.07. The quantitative estimate of drug-likeness (QED) is 0.719. The van der Waals surface area contributed by atoms with E-state index >= 15 is 0 Å². The summed E-state index contributed by atoms with van der Waals surface area (Å²) in [6.07, 6.45) is 4.93. The predicted molar refractivity (Wildman–Crippen MR) is 61.9 cm³/mol. The number of esters is 1. The van der Waals surface area contributed by atoms with Crippen LogP contribution in [-0.4, -0.2) is 12.6 Å². The van der Waals surface area contributed by atoms with Gasteiger partial charge in [-0.2, -0.15) is 0 Å². The first-order valence-electron chi connectivity index (χ1n) is 5.25. The number of carbonyl (C=O) groups is 1. The van der Waals surface area contributed by atoms with Crippen LogP contribution in [0.1, 0.15) is 30.2 Å². The highest BCUT2D eigenvalue weighted by atomic mass is 32.1. The van der Waals surface area contributed by atoms with Crippen LogP contribution >= 0.6 is 11.3 Å². The maximum absolute atomic E-state index is 11.6. The molecule has 1 aliphatic carbocycles. The van der Waals surface area contributed by atoms with Crippen LogP contribution < -0.4 is 0 Å². The summed E-state index contributed by atoms with van der Waals surface area (Å²) in [5, 5.41) is 2.08. The van der Waals surface area contributed by atoms with Gasteiger partial charge in [0.15, 0.2) is 0 Å². The number of rotatable bonds is 2. The van der Waals surface area contributed by atoms with Crippen LogP contribution in [0.2, 0.25) is 0 Å². The molecule has 0 aliphatic heterocycles. The van der Waals surface area contributed by atoms with E-state index in [-0.39, 0.29) is 5.97 Å². The van der Waals surface area contributed by atoms with Crippen molar-refractivity contribution in [3.8, 4) is 0 Å². The first-order valence-corrected chi connectivity index (χ1v) is 6.13. The topological polar surface area (TPSA) is 26.3 Å². The van der Waals surface area contributed by atoms with Gasteiger partial charge in [0, 0.05) is 10.5 Å². The molecule has 1 aromatic rings. The molecule has 0 fully saturated rings. The summed E-state index contributed by atoms with van der Waals surface area (Å²) in [5.74, 6) is -0.156. The molecular formula is C12H14O2S. The van der Waals surface area contributed by atoms with Crippen molar-refractivity contribution in [3.05, 3.63) is 27.5 Å². The molecule has 1 heterocycles. The van der Waals surface area contributed by atoms with Crippen molar-refractivity contribution in [2.75, 3.05) is 6.61 Å². The van der Waals surface area contributed by atoms with E-state index in [9.17, 15) is 4.79 Å². The zero-order valence-corrected chi connectivity index (χ0v) is 9.60. The molecule has 1 aromatic heterocycles. The summed E-state index contributed by atoms with van der Waals surface area (Å²) in [7, 11) is 0. The number of aryl methyl sites for hydroxylation is 1. The Balaban J connectivity index is 2.24. The minimum absolute atomic E-state index is 0.156. The van der Waals surface area contributed by atoms with Gasteiger partial charge < -0.3 is 4.74 Å². The molecule has 0 amide bonds. The van der Waals surface area contributed by atoms with Crippen molar-refractivity contribution in [2.45, 2.75) is 26.2 Å². The lowest BCUT2D eigenvalue weighted by molar-refractivity contribution is -0.138. The molecule has 0 aromatic carbocycles. The number of carbonyl (C=O) groups excluding carboxylic acids is 1. The van der Waals surface area contributed by atoms with E-state index in [2.05, 4.69) is 11.4 Å². The van der Waals surface area contributed by atoms with Crippen molar-refractivity contribution < 1.29 is 9.53 Å². The van der Waals surface area contributed by atoms with Crippen molar-refractivity contribution in [1.82, 2.24) is 0 Å². The van der Waals surface area contributed by atoms with Gasteiger partial charge >= 0.3 is 5.97 Å². The van der Waals surface area contributed by atoms with Gasteiger partial charge in [0.1, 0.15) is 0 Å². The van der Waals surface area contributed by atoms with E-state index in [1.165, 1.54) is 10.4 Å². The van der Waals surface area contributed by atoms with Crippen molar-refractivity contribution >= 4 is 23.4 Å². The van der Waals surface area contributed by atoms with Gasteiger partial charge in [0.25, 0.3) is 0 Å². The van der Waals surface area contributed by atoms with E-state index in [1.807, 2.05) is 13.0 Å². The van der Waals surface area contributed by atoms with E-state index in [4.69, 9.17) is 4.74 Å². The fourth-order valence-corrected chi connectivity index (χ4v) is 2.67. The van der Waals surface area contributed by atoms with Crippen LogP contribution in [0.15, 0.2) is 17.0 Å². The number of hydrogen-bond donors (Lipinski definition) is 0. The Labute approximate surface area is 93.6 Å². The molecule has 3 heteroatoms. The van der Waals surface area contributed by atoms with Crippen molar-refractivity contribution in [2.24, 2.45) is 0 Å². The summed E-state index contributed by atoms with van der Waals surface area (Å²) in [5.41, 5.74) is 2.01. The van der Waals surface area contributed by atoms with Gasteiger partial charge in [-0.25, -0.2) is 4.79 Å². The van der Waals surface area contributed by atoms with Crippen LogP contribution in [0, 0.1) is 0 Å². The fourth-order valence-electron chi connectivity index (χ4n) is 1.77. The molecule has 0 atom stereocenters. The largest absolute Gasteiger partial charge is 0.463 e. The van der Waals surface area contributed by atoms with Gasteiger partial charge in [-0.15, -0.1) is 11.3 Å². The number of thiophene rings is 1. The molecule has 0 radical (unpaired) electrons. The molecule has 15 heavy (non-hydrogen) atoms. The molecule has 0 unspecified atom stereocenters. The summed E-state index contributed by atoms with van der Waals surface area (Å²) in [6, 6.07) is 2.07. The Morgan fingerprint density at radius 1 is 1.53 bits per heavy atom. The lowest BCUT2D eigenvalue weighted by atomic mass is 10.1. The smallest absolute Gasteiger partial charge is 0.334 e. The standard InChI is InChI=1S/C12H14O2S/c1-2-14-12(13)10-4-3-5-11-9(8-10)6-7-15-11/h6-8H,2-5H2,1H3. The van der Waals surface area contributed by atoms with Crippen LogP contribution in [0.3, 0.4) is 0 Å². The average Bonchev–Trinajstić information content (AvgIpc) is 2.56. The highest BCUT2D eigenvalue weighted by Crippen LogP contribution is 2.27. The molecule has 0 N–H and O–H groups in total. The zero-order chi connectivity index (χ0) is 10.7. The van der Waals surface area contributed by atoms with E-state index in [0.29, 0.717) is 6.61 Å². The van der Waals surface area contributed by atoms with Crippen LogP contribution in [-0.2, 0) is 16.0 Å². The Kier molecular flexibility index (Phi) is 3.21. The molecule has 0 bridgehead atoms. The molecular weight excluding hydrogens is 208 g/mol. The zero-order valence-electron chi connectivity index (χ0n) is 8.79. The molecule has 1 aliphatic rings. The summed E-state index contributed by atoms with van der Waals surface area (Å²) >= 11 is 1.77. The Hall–Kier alpha value is -1.09. The lowest BCUT2D eigenvalue weighted by Gasteiger charge is -2.03. The fraction of sp³-hybridized carbons (Fsp3) is 0.417. The third-order valence-electron chi connectivity index (χ3n) is 2.50. The maximum Gasteiger partial charge on any atom is 0.334 e. The molecule has 0 spiro atoms. The third-order valence-corrected chi connectivity index (χ3v) is 3.49. The summed E-state index contributed by atoms with van der Waals surface area (Å²) in [6.45, 7) is 2.29. The first-order chi connectivity index (χ1) is 7.31. The average molecular weight is 222 g/mol. The Bertz CT molecular complexity index is 390.